The fourth-order valence-electron chi connectivity index (χ4n) is 10.0. The van der Waals surface area contributed by atoms with Gasteiger partial charge in [0.1, 0.15) is 11.4 Å². The SMILES string of the molecule is COC1CC(=O)C2C3C4CCC56CCCC5C=CCC(C4)(C12O)C36C. The average Bonchev–Trinajstić information content (AvgIpc) is 3.20. The van der Waals surface area contributed by atoms with Crippen LogP contribution in [0.4, 0.5) is 0 Å². The van der Waals surface area contributed by atoms with Gasteiger partial charge in [0.25, 0.3) is 0 Å². The topological polar surface area (TPSA) is 46.5 Å². The number of rotatable bonds is 1. The first-order valence-electron chi connectivity index (χ1n) is 10.4. The Morgan fingerprint density at radius 2 is 2.12 bits per heavy atom. The van der Waals surface area contributed by atoms with E-state index in [4.69, 9.17) is 4.74 Å². The molecule has 0 aromatic rings. The summed E-state index contributed by atoms with van der Waals surface area (Å²) < 4.78 is 5.79. The van der Waals surface area contributed by atoms with Gasteiger partial charge in [0.2, 0.25) is 0 Å². The van der Waals surface area contributed by atoms with Crippen molar-refractivity contribution in [3.8, 4) is 0 Å². The lowest BCUT2D eigenvalue weighted by atomic mass is 9.46. The molecule has 5 fully saturated rings. The Kier molecular flexibility index (Phi) is 2.62. The summed E-state index contributed by atoms with van der Waals surface area (Å²) in [6.45, 7) is 2.50. The fourth-order valence-corrected chi connectivity index (χ4v) is 10.0. The standard InChI is InChI=1S/C22H30O3/c1-19-17-13-7-10-20(19)8-3-5-14(20)6-4-9-21(19,12-13)22(24)16(25-2)11-15(23)18(17)22/h4,6,13-14,16-18,24H,3,5,7-12H2,1-2H3. The third kappa shape index (κ3) is 1.22. The van der Waals surface area contributed by atoms with Crippen molar-refractivity contribution in [3.05, 3.63) is 12.2 Å². The first-order valence-corrected chi connectivity index (χ1v) is 10.4. The van der Waals surface area contributed by atoms with Crippen LogP contribution in [0.15, 0.2) is 12.2 Å². The number of methoxy groups -OCH3 is 1. The van der Waals surface area contributed by atoms with Crippen LogP contribution >= 0.6 is 0 Å². The maximum absolute atomic E-state index is 13.1. The minimum Gasteiger partial charge on any atom is -0.386 e. The van der Waals surface area contributed by atoms with E-state index in [0.29, 0.717) is 29.6 Å². The number of ether oxygens (including phenoxy) is 1. The predicted octanol–water partition coefficient (Wildman–Crippen LogP) is 3.50. The molecule has 6 rings (SSSR count). The normalized spacial score (nSPS) is 63.6. The zero-order chi connectivity index (χ0) is 17.2. The van der Waals surface area contributed by atoms with Gasteiger partial charge < -0.3 is 9.84 Å². The third-order valence-corrected chi connectivity index (χ3v) is 10.6. The number of aliphatic hydroxyl groups is 1. The lowest BCUT2D eigenvalue weighted by Crippen LogP contribution is -2.60. The minimum atomic E-state index is -0.950. The minimum absolute atomic E-state index is 0.0832. The molecule has 6 aliphatic carbocycles. The van der Waals surface area contributed by atoms with Gasteiger partial charge in [-0.2, -0.15) is 0 Å². The number of hydrogen-bond donors (Lipinski definition) is 1. The quantitative estimate of drug-likeness (QED) is 0.742. The molecule has 0 aromatic carbocycles. The van der Waals surface area contributed by atoms with Crippen LogP contribution in [0, 0.1) is 39.9 Å². The van der Waals surface area contributed by atoms with Crippen LogP contribution in [-0.2, 0) is 9.53 Å². The van der Waals surface area contributed by atoms with E-state index in [-0.39, 0.29) is 28.6 Å². The predicted molar refractivity (Wildman–Crippen MR) is 93.8 cm³/mol. The van der Waals surface area contributed by atoms with E-state index in [1.165, 1.54) is 32.1 Å². The van der Waals surface area contributed by atoms with Crippen molar-refractivity contribution in [2.45, 2.75) is 70.0 Å². The third-order valence-electron chi connectivity index (χ3n) is 10.6. The van der Waals surface area contributed by atoms with E-state index in [2.05, 4.69) is 19.1 Å². The molecule has 0 heterocycles. The summed E-state index contributed by atoms with van der Waals surface area (Å²) in [5.41, 5.74) is -0.733. The molecule has 0 aliphatic heterocycles. The Morgan fingerprint density at radius 3 is 2.92 bits per heavy atom. The number of allylic oxidation sites excluding steroid dienone is 2. The highest BCUT2D eigenvalue weighted by Crippen LogP contribution is 2.87. The highest BCUT2D eigenvalue weighted by Gasteiger charge is 2.88. The molecule has 0 amide bonds. The second kappa shape index (κ2) is 4.25. The number of fused-ring (bicyclic) bond motifs is 1. The first-order chi connectivity index (χ1) is 12.0. The molecule has 6 aliphatic rings. The van der Waals surface area contributed by atoms with Crippen molar-refractivity contribution in [2.24, 2.45) is 39.9 Å². The average molecular weight is 342 g/mol. The summed E-state index contributed by atoms with van der Waals surface area (Å²) in [7, 11) is 1.69. The molecule has 1 N–H and O–H groups in total. The van der Waals surface area contributed by atoms with Crippen molar-refractivity contribution in [1.82, 2.24) is 0 Å². The summed E-state index contributed by atoms with van der Waals surface area (Å²) in [4.78, 5) is 13.1. The highest BCUT2D eigenvalue weighted by atomic mass is 16.5. The van der Waals surface area contributed by atoms with E-state index < -0.39 is 5.60 Å². The van der Waals surface area contributed by atoms with Crippen molar-refractivity contribution >= 4 is 5.78 Å². The van der Waals surface area contributed by atoms with Crippen LogP contribution < -0.4 is 0 Å². The van der Waals surface area contributed by atoms with Gasteiger partial charge in [0.05, 0.1) is 12.0 Å². The van der Waals surface area contributed by atoms with Gasteiger partial charge in [0, 0.05) is 18.9 Å². The Morgan fingerprint density at radius 1 is 1.28 bits per heavy atom. The van der Waals surface area contributed by atoms with Gasteiger partial charge in [-0.3, -0.25) is 4.79 Å². The zero-order valence-corrected chi connectivity index (χ0v) is 15.5. The van der Waals surface area contributed by atoms with Crippen LogP contribution in [0.3, 0.4) is 0 Å². The monoisotopic (exact) mass is 342 g/mol. The van der Waals surface area contributed by atoms with Gasteiger partial charge in [0.15, 0.2) is 0 Å². The molecule has 9 atom stereocenters. The summed E-state index contributed by atoms with van der Waals surface area (Å²) in [5.74, 6) is 1.77. The van der Waals surface area contributed by atoms with Crippen molar-refractivity contribution < 1.29 is 14.6 Å². The summed E-state index contributed by atoms with van der Waals surface area (Å²) in [6, 6.07) is 0. The van der Waals surface area contributed by atoms with Crippen molar-refractivity contribution in [2.75, 3.05) is 7.11 Å². The second-order valence-corrected chi connectivity index (χ2v) is 10.3. The van der Waals surface area contributed by atoms with E-state index >= 15 is 0 Å². The summed E-state index contributed by atoms with van der Waals surface area (Å²) in [5, 5.41) is 12.2. The maximum Gasteiger partial charge on any atom is 0.141 e. The molecular formula is C22H30O3. The highest BCUT2D eigenvalue weighted by molar-refractivity contribution is 5.88. The molecule has 3 nitrogen and oxygen atoms in total. The molecule has 3 heteroatoms. The lowest BCUT2D eigenvalue weighted by Gasteiger charge is -2.58. The lowest BCUT2D eigenvalue weighted by molar-refractivity contribution is -0.193. The Labute approximate surface area is 150 Å². The zero-order valence-electron chi connectivity index (χ0n) is 15.5. The van der Waals surface area contributed by atoms with Crippen LogP contribution in [-0.4, -0.2) is 29.7 Å². The van der Waals surface area contributed by atoms with Gasteiger partial charge in [-0.15, -0.1) is 0 Å². The molecular weight excluding hydrogens is 312 g/mol. The van der Waals surface area contributed by atoms with Gasteiger partial charge >= 0.3 is 0 Å². The van der Waals surface area contributed by atoms with Crippen LogP contribution in [0.25, 0.3) is 0 Å². The largest absolute Gasteiger partial charge is 0.386 e. The van der Waals surface area contributed by atoms with E-state index in [1.54, 1.807) is 7.11 Å². The number of ketones is 1. The molecule has 4 bridgehead atoms. The first kappa shape index (κ1) is 15.4. The second-order valence-electron chi connectivity index (χ2n) is 10.3. The van der Waals surface area contributed by atoms with Crippen LogP contribution in [0.1, 0.15) is 58.3 Å². The van der Waals surface area contributed by atoms with E-state index in [0.717, 1.165) is 12.8 Å². The maximum atomic E-state index is 13.1. The number of carbonyl (C=O) groups is 1. The Bertz CT molecular complexity index is 699. The van der Waals surface area contributed by atoms with Crippen molar-refractivity contribution in [3.63, 3.8) is 0 Å². The van der Waals surface area contributed by atoms with E-state index in [9.17, 15) is 9.90 Å². The fraction of sp³-hybridized carbons (Fsp3) is 0.864. The number of carbonyl (C=O) groups excluding carboxylic acids is 1. The molecule has 0 aromatic heterocycles. The van der Waals surface area contributed by atoms with Gasteiger partial charge in [-0.25, -0.2) is 0 Å². The molecule has 0 radical (unpaired) electrons. The summed E-state index contributed by atoms with van der Waals surface area (Å²) in [6.07, 6.45) is 13.5. The molecule has 1 spiro atoms. The van der Waals surface area contributed by atoms with Crippen LogP contribution in [0.5, 0.6) is 0 Å². The van der Waals surface area contributed by atoms with E-state index in [1.807, 2.05) is 0 Å². The molecule has 25 heavy (non-hydrogen) atoms. The molecule has 5 saturated carbocycles. The number of hydrogen-bond acceptors (Lipinski definition) is 3. The van der Waals surface area contributed by atoms with Crippen LogP contribution in [0.2, 0.25) is 0 Å². The molecule has 9 unspecified atom stereocenters. The smallest absolute Gasteiger partial charge is 0.141 e. The van der Waals surface area contributed by atoms with Gasteiger partial charge in [-0.05, 0) is 67.1 Å². The molecule has 136 valence electrons. The number of Topliss-reactive ketones (excluding diaryl/α,β-unsaturated/α-hetero) is 1. The summed E-state index contributed by atoms with van der Waals surface area (Å²) >= 11 is 0. The van der Waals surface area contributed by atoms with Crippen molar-refractivity contribution in [1.29, 1.82) is 0 Å². The molecule has 0 saturated heterocycles. The van der Waals surface area contributed by atoms with Gasteiger partial charge in [-0.1, -0.05) is 25.5 Å². The Hall–Kier alpha value is -0.670. The Balaban J connectivity index is 1.67.